The Balaban J connectivity index is 3.20. The molecule has 0 fully saturated rings. The van der Waals surface area contributed by atoms with E-state index in [1.54, 1.807) is 0 Å². The maximum absolute atomic E-state index is 13.1. The van der Waals surface area contributed by atoms with Gasteiger partial charge in [-0.3, -0.25) is 9.59 Å². The Morgan fingerprint density at radius 2 is 1.87 bits per heavy atom. The van der Waals surface area contributed by atoms with Crippen molar-refractivity contribution in [3.63, 3.8) is 0 Å². The van der Waals surface area contributed by atoms with Crippen molar-refractivity contribution in [3.8, 4) is 5.75 Å². The Morgan fingerprint density at radius 3 is 2.30 bits per heavy atom. The number of ether oxygens (including phenoxy) is 1. The average Bonchev–Trinajstić information content (AvgIpc) is 2.37. The molecule has 9 heteroatoms. The molecule has 1 amide bonds. The first-order valence-corrected chi connectivity index (χ1v) is 6.39. The highest BCUT2D eigenvalue weighted by molar-refractivity contribution is 5.82. The Bertz CT molecular complexity index is 627. The van der Waals surface area contributed by atoms with Crippen molar-refractivity contribution in [1.82, 2.24) is 5.32 Å². The molecule has 0 aliphatic carbocycles. The van der Waals surface area contributed by atoms with Crippen molar-refractivity contribution in [2.45, 2.75) is 32.5 Å². The number of carboxylic acids is 1. The minimum Gasteiger partial charge on any atom is -0.480 e. The smallest absolute Gasteiger partial charge is 0.416 e. The summed E-state index contributed by atoms with van der Waals surface area (Å²) in [6.45, 7) is 2.10. The van der Waals surface area contributed by atoms with Gasteiger partial charge in [-0.1, -0.05) is 6.07 Å². The van der Waals surface area contributed by atoms with Crippen LogP contribution in [0.4, 0.5) is 13.2 Å². The fourth-order valence-corrected chi connectivity index (χ4v) is 1.89. The number of halogens is 3. The third-order valence-electron chi connectivity index (χ3n) is 2.75. The lowest BCUT2D eigenvalue weighted by Crippen LogP contribution is -2.41. The number of rotatable bonds is 5. The second-order valence-corrected chi connectivity index (χ2v) is 4.71. The monoisotopic (exact) mass is 333 g/mol. The topological polar surface area (TPSA) is 92.7 Å². The van der Waals surface area contributed by atoms with Crippen molar-refractivity contribution in [1.29, 1.82) is 0 Å². The molecule has 0 unspecified atom stereocenters. The second kappa shape index (κ2) is 7.12. The summed E-state index contributed by atoms with van der Waals surface area (Å²) in [7, 11) is 0. The summed E-state index contributed by atoms with van der Waals surface area (Å²) in [5, 5.41) is 11.0. The van der Waals surface area contributed by atoms with Gasteiger partial charge in [0.25, 0.3) is 0 Å². The Kier molecular flexibility index (Phi) is 5.72. The molecule has 6 nitrogen and oxygen atoms in total. The number of carbonyl (C=O) groups excluding carboxylic acids is 2. The molecule has 0 aliphatic rings. The first-order chi connectivity index (χ1) is 10.5. The van der Waals surface area contributed by atoms with Crippen molar-refractivity contribution in [3.05, 3.63) is 29.3 Å². The molecule has 1 aromatic rings. The zero-order valence-electron chi connectivity index (χ0n) is 12.2. The van der Waals surface area contributed by atoms with Crippen LogP contribution >= 0.6 is 0 Å². The van der Waals surface area contributed by atoms with E-state index in [0.29, 0.717) is 6.07 Å². The number of benzene rings is 1. The van der Waals surface area contributed by atoms with Gasteiger partial charge in [0.1, 0.15) is 11.8 Å². The standard InChI is InChI=1S/C14H14F3NO5/c1-7(19)18-12(13(21)22)5-9-3-4-10(23-8(2)20)6-11(9)14(15,16)17/h3-4,6,12H,5H2,1-2H3,(H,18,19)(H,21,22)/t12-/m0/s1. The second-order valence-electron chi connectivity index (χ2n) is 4.71. The molecular formula is C14H14F3NO5. The summed E-state index contributed by atoms with van der Waals surface area (Å²) in [6.07, 6.45) is -5.34. The molecule has 126 valence electrons. The van der Waals surface area contributed by atoms with Crippen molar-refractivity contribution in [2.75, 3.05) is 0 Å². The van der Waals surface area contributed by atoms with E-state index in [1.165, 1.54) is 0 Å². The van der Waals surface area contributed by atoms with E-state index in [1.807, 2.05) is 0 Å². The highest BCUT2D eigenvalue weighted by atomic mass is 19.4. The van der Waals surface area contributed by atoms with Crippen LogP contribution in [-0.4, -0.2) is 29.0 Å². The first kappa shape index (κ1) is 18.5. The number of hydrogen-bond acceptors (Lipinski definition) is 4. The third-order valence-corrected chi connectivity index (χ3v) is 2.75. The van der Waals surface area contributed by atoms with Gasteiger partial charge in [0.05, 0.1) is 5.56 Å². The normalized spacial score (nSPS) is 12.4. The number of carboxylic acid groups (broad SMARTS) is 1. The minimum absolute atomic E-state index is 0.306. The van der Waals surface area contributed by atoms with E-state index in [9.17, 15) is 27.6 Å². The Labute approximate surface area is 129 Å². The van der Waals surface area contributed by atoms with Crippen LogP contribution in [0.25, 0.3) is 0 Å². The van der Waals surface area contributed by atoms with Crippen LogP contribution in [0, 0.1) is 0 Å². The minimum atomic E-state index is -4.77. The molecule has 0 aromatic heterocycles. The van der Waals surface area contributed by atoms with Crippen LogP contribution < -0.4 is 10.1 Å². The lowest BCUT2D eigenvalue weighted by molar-refractivity contribution is -0.142. The zero-order chi connectivity index (χ0) is 17.8. The van der Waals surface area contributed by atoms with Gasteiger partial charge >= 0.3 is 18.1 Å². The molecule has 0 saturated carbocycles. The Morgan fingerprint density at radius 1 is 1.26 bits per heavy atom. The fraction of sp³-hybridized carbons (Fsp3) is 0.357. The van der Waals surface area contributed by atoms with Gasteiger partial charge in [-0.15, -0.1) is 0 Å². The molecule has 0 bridgehead atoms. The van der Waals surface area contributed by atoms with E-state index in [4.69, 9.17) is 5.11 Å². The van der Waals surface area contributed by atoms with Crippen molar-refractivity contribution < 1.29 is 37.4 Å². The van der Waals surface area contributed by atoms with Gasteiger partial charge in [0.15, 0.2) is 0 Å². The largest absolute Gasteiger partial charge is 0.480 e. The van der Waals surface area contributed by atoms with Gasteiger partial charge < -0.3 is 15.2 Å². The summed E-state index contributed by atoms with van der Waals surface area (Å²) in [5.41, 5.74) is -1.47. The lowest BCUT2D eigenvalue weighted by Gasteiger charge is -2.18. The summed E-state index contributed by atoms with van der Waals surface area (Å²) >= 11 is 0. The maximum Gasteiger partial charge on any atom is 0.416 e. The molecule has 1 rings (SSSR count). The van der Waals surface area contributed by atoms with Crippen molar-refractivity contribution >= 4 is 17.8 Å². The molecule has 2 N–H and O–H groups in total. The van der Waals surface area contributed by atoms with Gasteiger partial charge in [-0.25, -0.2) is 4.79 Å². The summed E-state index contributed by atoms with van der Waals surface area (Å²) in [5.74, 6) is -3.23. The SMILES string of the molecule is CC(=O)N[C@@H](Cc1ccc(OC(C)=O)cc1C(F)(F)F)C(=O)O. The van der Waals surface area contributed by atoms with E-state index in [-0.39, 0.29) is 11.3 Å². The number of nitrogens with one attached hydrogen (secondary N) is 1. The maximum atomic E-state index is 13.1. The average molecular weight is 333 g/mol. The molecule has 0 spiro atoms. The molecule has 1 aromatic carbocycles. The molecule has 1 atom stereocenters. The number of carbonyl (C=O) groups is 3. The quantitative estimate of drug-likeness (QED) is 0.633. The highest BCUT2D eigenvalue weighted by Gasteiger charge is 2.35. The molecule has 0 heterocycles. The van der Waals surface area contributed by atoms with Gasteiger partial charge in [-0.05, 0) is 17.7 Å². The zero-order valence-corrected chi connectivity index (χ0v) is 12.2. The summed E-state index contributed by atoms with van der Waals surface area (Å²) < 4.78 is 43.9. The van der Waals surface area contributed by atoms with Crippen LogP contribution in [0.3, 0.4) is 0 Å². The van der Waals surface area contributed by atoms with Gasteiger partial charge in [-0.2, -0.15) is 13.2 Å². The van der Waals surface area contributed by atoms with Crippen molar-refractivity contribution in [2.24, 2.45) is 0 Å². The lowest BCUT2D eigenvalue weighted by atomic mass is 9.99. The van der Waals surface area contributed by atoms with Crippen LogP contribution in [0.15, 0.2) is 18.2 Å². The van der Waals surface area contributed by atoms with E-state index >= 15 is 0 Å². The number of alkyl halides is 3. The van der Waals surface area contributed by atoms with Crippen LogP contribution in [0.5, 0.6) is 5.75 Å². The number of amides is 1. The van der Waals surface area contributed by atoms with Gasteiger partial charge in [0, 0.05) is 20.3 Å². The summed E-state index contributed by atoms with van der Waals surface area (Å²) in [4.78, 5) is 32.8. The molecular weight excluding hydrogens is 319 g/mol. The number of aliphatic carboxylic acids is 1. The highest BCUT2D eigenvalue weighted by Crippen LogP contribution is 2.35. The number of esters is 1. The molecule has 0 aliphatic heterocycles. The van der Waals surface area contributed by atoms with Crippen LogP contribution in [0.1, 0.15) is 25.0 Å². The molecule has 0 saturated heterocycles. The third kappa shape index (κ3) is 5.61. The predicted octanol–water partition coefficient (Wildman–Crippen LogP) is 1.76. The van der Waals surface area contributed by atoms with Crippen LogP contribution in [-0.2, 0) is 27.0 Å². The number of hydrogen-bond donors (Lipinski definition) is 2. The first-order valence-electron chi connectivity index (χ1n) is 6.39. The van der Waals surface area contributed by atoms with E-state index in [2.05, 4.69) is 10.1 Å². The summed E-state index contributed by atoms with van der Waals surface area (Å²) in [6, 6.07) is 1.24. The Hall–Kier alpha value is -2.58. The molecule has 0 radical (unpaired) electrons. The van der Waals surface area contributed by atoms with E-state index < -0.39 is 42.0 Å². The van der Waals surface area contributed by atoms with E-state index in [0.717, 1.165) is 26.0 Å². The van der Waals surface area contributed by atoms with Gasteiger partial charge in [0.2, 0.25) is 5.91 Å². The molecule has 23 heavy (non-hydrogen) atoms. The predicted molar refractivity (Wildman–Crippen MR) is 71.7 cm³/mol. The fourth-order valence-electron chi connectivity index (χ4n) is 1.89. The van der Waals surface area contributed by atoms with Crippen LogP contribution in [0.2, 0.25) is 0 Å².